The summed E-state index contributed by atoms with van der Waals surface area (Å²) in [6.45, 7) is 15.6. The summed E-state index contributed by atoms with van der Waals surface area (Å²) in [7, 11) is 1.68. The monoisotopic (exact) mass is 539 g/mol. The number of nitrogens with zero attached hydrogens (tertiary/aromatic N) is 3. The van der Waals surface area contributed by atoms with Crippen LogP contribution in [0.2, 0.25) is 0 Å². The van der Waals surface area contributed by atoms with Gasteiger partial charge in [0.15, 0.2) is 0 Å². The molecule has 3 heterocycles. The van der Waals surface area contributed by atoms with Gasteiger partial charge >= 0.3 is 0 Å². The first-order chi connectivity index (χ1) is 16.0. The third-order valence-electron chi connectivity index (χ3n) is 7.57. The van der Waals surface area contributed by atoms with Gasteiger partial charge in [-0.1, -0.05) is 41.9 Å². The summed E-state index contributed by atoms with van der Waals surface area (Å²) in [5.41, 5.74) is -1.14. The number of amides is 3. The van der Waals surface area contributed by atoms with Crippen LogP contribution in [0.4, 0.5) is 0 Å². The van der Waals surface area contributed by atoms with E-state index in [-0.39, 0.29) is 41.1 Å². The fourth-order valence-electron chi connectivity index (χ4n) is 6.00. The van der Waals surface area contributed by atoms with E-state index in [0.717, 1.165) is 0 Å². The number of fused-ring (bicyclic) bond motifs is 1. The zero-order valence-electron chi connectivity index (χ0n) is 20.8. The summed E-state index contributed by atoms with van der Waals surface area (Å²) >= 11 is 3.68. The molecule has 0 aromatic rings. The number of likely N-dealkylation sites (N-methyl/N-ethyl adjacent to an activating group) is 1. The molecule has 0 saturated carbocycles. The molecule has 3 amide bonds. The van der Waals surface area contributed by atoms with Crippen molar-refractivity contribution in [2.45, 2.75) is 68.8 Å². The van der Waals surface area contributed by atoms with E-state index < -0.39 is 35.6 Å². The van der Waals surface area contributed by atoms with Crippen molar-refractivity contribution in [2.75, 3.05) is 26.7 Å². The number of hydrogen-bond acceptors (Lipinski definition) is 5. The Morgan fingerprint density at radius 1 is 1.24 bits per heavy atom. The molecular formula is C25H38BrN3O5. The molecule has 3 saturated heterocycles. The maximum atomic E-state index is 14.1. The standard InChI is InChI=1S/C25H38BrN3O5/c1-8-10-27(7)22(31)18-19-23(32)29(17(13-30)14(3)4)21(24(33)28(11-9-2)15(5)6)25(19)12-16(26)20(18)34-25/h8-9,14-21,30H,1-2,10-13H2,3-7H3/t16?,17-,18-,19-,20-,21?,25?/m0/s1. The van der Waals surface area contributed by atoms with Crippen LogP contribution in [0.3, 0.4) is 0 Å². The number of carbonyl (C=O) groups excluding carboxylic acids is 3. The first kappa shape index (κ1) is 26.9. The number of aliphatic hydroxyl groups is 1. The van der Waals surface area contributed by atoms with Crippen molar-refractivity contribution in [3.05, 3.63) is 25.3 Å². The third-order valence-corrected chi connectivity index (χ3v) is 8.42. The van der Waals surface area contributed by atoms with Gasteiger partial charge in [-0.05, 0) is 26.2 Å². The Morgan fingerprint density at radius 3 is 2.35 bits per heavy atom. The van der Waals surface area contributed by atoms with E-state index in [1.807, 2.05) is 27.7 Å². The number of aliphatic hydroxyl groups excluding tert-OH is 1. The van der Waals surface area contributed by atoms with Crippen LogP contribution in [0.25, 0.3) is 0 Å². The van der Waals surface area contributed by atoms with Gasteiger partial charge in [-0.3, -0.25) is 14.4 Å². The van der Waals surface area contributed by atoms with Crippen molar-refractivity contribution in [2.24, 2.45) is 17.8 Å². The minimum atomic E-state index is -1.14. The lowest BCUT2D eigenvalue weighted by Gasteiger charge is -2.41. The molecule has 7 atom stereocenters. The summed E-state index contributed by atoms with van der Waals surface area (Å²) in [6, 6.07) is -1.63. The predicted molar refractivity (Wildman–Crippen MR) is 133 cm³/mol. The molecule has 3 unspecified atom stereocenters. The van der Waals surface area contributed by atoms with Crippen LogP contribution in [0.1, 0.15) is 34.1 Å². The Hall–Kier alpha value is -1.71. The molecule has 1 spiro atoms. The lowest BCUT2D eigenvalue weighted by molar-refractivity contribution is -0.153. The molecule has 0 aromatic carbocycles. The molecule has 0 aromatic heterocycles. The number of rotatable bonds is 10. The Balaban J connectivity index is 2.16. The molecule has 3 fully saturated rings. The Labute approximate surface area is 211 Å². The topological polar surface area (TPSA) is 90.4 Å². The molecule has 8 nitrogen and oxygen atoms in total. The van der Waals surface area contributed by atoms with Crippen LogP contribution in [0.5, 0.6) is 0 Å². The van der Waals surface area contributed by atoms with Gasteiger partial charge in [0.05, 0.1) is 30.6 Å². The molecule has 0 aliphatic carbocycles. The smallest absolute Gasteiger partial charge is 0.248 e. The van der Waals surface area contributed by atoms with E-state index in [1.54, 1.807) is 29.0 Å². The zero-order valence-corrected chi connectivity index (χ0v) is 22.4. The van der Waals surface area contributed by atoms with Crippen molar-refractivity contribution in [1.82, 2.24) is 14.7 Å². The second kappa shape index (κ2) is 10.1. The summed E-state index contributed by atoms with van der Waals surface area (Å²) in [6.07, 6.45) is 3.23. The summed E-state index contributed by atoms with van der Waals surface area (Å²) in [4.78, 5) is 46.3. The Bertz CT molecular complexity index is 848. The summed E-state index contributed by atoms with van der Waals surface area (Å²) in [5, 5.41) is 10.3. The SMILES string of the molecule is C=CCN(C)C(=O)[C@H]1[C@H]2C(=O)N([C@@H](CO)C(C)C)C(C(=O)N(CC=C)C(C)C)C23CC(Br)[C@@H]1O3. The quantitative estimate of drug-likeness (QED) is 0.337. The lowest BCUT2D eigenvalue weighted by Crippen LogP contribution is -2.60. The number of alkyl halides is 1. The average Bonchev–Trinajstić information content (AvgIpc) is 3.35. The Kier molecular flexibility index (Phi) is 7.99. The molecule has 3 rings (SSSR count). The highest BCUT2D eigenvalue weighted by Crippen LogP contribution is 2.61. The highest BCUT2D eigenvalue weighted by atomic mass is 79.9. The molecule has 190 valence electrons. The first-order valence-corrected chi connectivity index (χ1v) is 12.9. The second-order valence-electron chi connectivity index (χ2n) is 10.3. The highest BCUT2D eigenvalue weighted by molar-refractivity contribution is 9.09. The largest absolute Gasteiger partial charge is 0.394 e. The van der Waals surface area contributed by atoms with Crippen molar-refractivity contribution >= 4 is 33.7 Å². The fourth-order valence-corrected chi connectivity index (χ4v) is 6.94. The van der Waals surface area contributed by atoms with Gasteiger partial charge in [0.1, 0.15) is 11.6 Å². The fraction of sp³-hybridized carbons (Fsp3) is 0.720. The van der Waals surface area contributed by atoms with Crippen LogP contribution in [-0.4, -0.2) is 98.9 Å². The van der Waals surface area contributed by atoms with E-state index in [2.05, 4.69) is 29.1 Å². The van der Waals surface area contributed by atoms with Gasteiger partial charge < -0.3 is 24.5 Å². The van der Waals surface area contributed by atoms with Crippen LogP contribution in [0.15, 0.2) is 25.3 Å². The van der Waals surface area contributed by atoms with Gasteiger partial charge in [0, 0.05) is 31.0 Å². The van der Waals surface area contributed by atoms with E-state index in [4.69, 9.17) is 4.74 Å². The molecule has 0 radical (unpaired) electrons. The minimum Gasteiger partial charge on any atom is -0.394 e. The number of ether oxygens (including phenoxy) is 1. The van der Waals surface area contributed by atoms with Gasteiger partial charge in [-0.15, -0.1) is 13.2 Å². The van der Waals surface area contributed by atoms with E-state index in [0.29, 0.717) is 19.5 Å². The van der Waals surface area contributed by atoms with Gasteiger partial charge in [-0.25, -0.2) is 0 Å². The summed E-state index contributed by atoms with van der Waals surface area (Å²) < 4.78 is 6.54. The van der Waals surface area contributed by atoms with Gasteiger partial charge in [0.25, 0.3) is 0 Å². The number of halogens is 1. The normalized spacial score (nSPS) is 32.8. The Morgan fingerprint density at radius 2 is 1.85 bits per heavy atom. The van der Waals surface area contributed by atoms with Gasteiger partial charge in [0.2, 0.25) is 17.7 Å². The molecule has 2 bridgehead atoms. The summed E-state index contributed by atoms with van der Waals surface area (Å²) in [5.74, 6) is -2.32. The number of likely N-dealkylation sites (tertiary alicyclic amines) is 1. The van der Waals surface area contributed by atoms with Crippen LogP contribution in [-0.2, 0) is 19.1 Å². The predicted octanol–water partition coefficient (Wildman–Crippen LogP) is 1.82. The van der Waals surface area contributed by atoms with Crippen molar-refractivity contribution in [3.63, 3.8) is 0 Å². The molecule has 3 aliphatic heterocycles. The molecule has 3 aliphatic rings. The molecule has 1 N–H and O–H groups in total. The third kappa shape index (κ3) is 4.03. The van der Waals surface area contributed by atoms with E-state index in [1.165, 1.54) is 4.90 Å². The van der Waals surface area contributed by atoms with Gasteiger partial charge in [-0.2, -0.15) is 0 Å². The maximum Gasteiger partial charge on any atom is 0.248 e. The number of carbonyl (C=O) groups is 3. The van der Waals surface area contributed by atoms with Crippen molar-refractivity contribution in [1.29, 1.82) is 0 Å². The van der Waals surface area contributed by atoms with Crippen molar-refractivity contribution < 1.29 is 24.2 Å². The first-order valence-electron chi connectivity index (χ1n) is 12.0. The van der Waals surface area contributed by atoms with Crippen LogP contribution < -0.4 is 0 Å². The van der Waals surface area contributed by atoms with Crippen molar-refractivity contribution in [3.8, 4) is 0 Å². The maximum absolute atomic E-state index is 14.1. The molecule has 9 heteroatoms. The number of hydrogen-bond donors (Lipinski definition) is 1. The van der Waals surface area contributed by atoms with E-state index >= 15 is 0 Å². The average molecular weight is 540 g/mol. The highest BCUT2D eigenvalue weighted by Gasteiger charge is 2.77. The van der Waals surface area contributed by atoms with Crippen LogP contribution >= 0.6 is 15.9 Å². The van der Waals surface area contributed by atoms with E-state index in [9.17, 15) is 19.5 Å². The zero-order chi connectivity index (χ0) is 25.5. The molecule has 34 heavy (non-hydrogen) atoms. The molecular weight excluding hydrogens is 502 g/mol. The minimum absolute atomic E-state index is 0.0964. The van der Waals surface area contributed by atoms with Crippen LogP contribution in [0, 0.1) is 17.8 Å². The lowest BCUT2D eigenvalue weighted by atomic mass is 9.70. The second-order valence-corrected chi connectivity index (χ2v) is 11.5.